The Balaban J connectivity index is 2.80. The Bertz CT molecular complexity index is 812. The summed E-state index contributed by atoms with van der Waals surface area (Å²) in [5.74, 6) is -0.419. The number of rotatable bonds is 10. The average molecular weight is 494 g/mol. The van der Waals surface area contributed by atoms with Crippen LogP contribution in [0.3, 0.4) is 0 Å². The van der Waals surface area contributed by atoms with Crippen molar-refractivity contribution in [3.63, 3.8) is 0 Å². The molecule has 0 radical (unpaired) electrons. The number of ether oxygens (including phenoxy) is 1. The Morgan fingerprint density at radius 3 is 2.31 bits per heavy atom. The highest BCUT2D eigenvalue weighted by Crippen LogP contribution is 2.48. The van der Waals surface area contributed by atoms with Gasteiger partial charge < -0.3 is 15.0 Å². The lowest BCUT2D eigenvalue weighted by Crippen LogP contribution is -2.49. The van der Waals surface area contributed by atoms with E-state index < -0.39 is 17.6 Å². The van der Waals surface area contributed by atoms with Crippen LogP contribution in [0.15, 0.2) is 17.3 Å². The van der Waals surface area contributed by atoms with Crippen molar-refractivity contribution in [1.82, 2.24) is 10.2 Å². The Morgan fingerprint density at radius 1 is 1.14 bits per heavy atom. The van der Waals surface area contributed by atoms with Crippen LogP contribution in [-0.4, -0.2) is 53.3 Å². The van der Waals surface area contributed by atoms with Crippen LogP contribution in [0.2, 0.25) is 0 Å². The summed E-state index contributed by atoms with van der Waals surface area (Å²) in [6, 6.07) is -0.0521. The number of carbonyl (C=O) groups excluding carboxylic acids is 3. The molecule has 1 aliphatic carbocycles. The SMILES string of the molecule is C=C(C)C(=O)OCCN(C(=O)CCC1(C)CC(NC(=O)O/N=C(\C)CC)CC(C)(C)C1)C(C)(C)C. The summed E-state index contributed by atoms with van der Waals surface area (Å²) >= 11 is 0. The number of oxime groups is 1. The van der Waals surface area contributed by atoms with Gasteiger partial charge in [-0.05, 0) is 77.6 Å². The van der Waals surface area contributed by atoms with Gasteiger partial charge >= 0.3 is 12.1 Å². The molecule has 35 heavy (non-hydrogen) atoms. The Hall–Kier alpha value is -2.38. The molecule has 2 unspecified atom stereocenters. The molecule has 1 aliphatic rings. The molecule has 1 rings (SSSR count). The van der Waals surface area contributed by atoms with E-state index in [9.17, 15) is 14.4 Å². The standard InChI is InChI=1S/C27H47N3O5/c1-11-20(4)29-35-24(33)28-21-16-26(8,9)18-27(10,17-21)13-12-22(31)30(25(5,6)7)14-15-34-23(32)19(2)3/h21H,2,11-18H2,1,3-10H3,(H,28,33)/b29-20+. The average Bonchev–Trinajstić information content (AvgIpc) is 2.70. The summed E-state index contributed by atoms with van der Waals surface area (Å²) in [6.07, 6.45) is 3.83. The first kappa shape index (κ1) is 30.7. The number of amides is 2. The van der Waals surface area contributed by atoms with E-state index in [1.165, 1.54) is 0 Å². The topological polar surface area (TPSA) is 97.3 Å². The van der Waals surface area contributed by atoms with Crippen LogP contribution in [0, 0.1) is 10.8 Å². The van der Waals surface area contributed by atoms with Gasteiger partial charge in [0.15, 0.2) is 0 Å². The predicted octanol–water partition coefficient (Wildman–Crippen LogP) is 5.61. The Labute approximate surface area is 211 Å². The van der Waals surface area contributed by atoms with Crippen molar-refractivity contribution < 1.29 is 24.0 Å². The van der Waals surface area contributed by atoms with Crippen molar-refractivity contribution in [3.8, 4) is 0 Å². The smallest absolute Gasteiger partial charge is 0.433 e. The maximum Gasteiger partial charge on any atom is 0.433 e. The van der Waals surface area contributed by atoms with Gasteiger partial charge in [0.25, 0.3) is 0 Å². The fourth-order valence-corrected chi connectivity index (χ4v) is 5.03. The summed E-state index contributed by atoms with van der Waals surface area (Å²) in [5.41, 5.74) is 0.589. The quantitative estimate of drug-likeness (QED) is 0.140. The van der Waals surface area contributed by atoms with E-state index in [0.29, 0.717) is 25.0 Å². The van der Waals surface area contributed by atoms with Crippen molar-refractivity contribution in [3.05, 3.63) is 12.2 Å². The van der Waals surface area contributed by atoms with Crippen LogP contribution in [0.25, 0.3) is 0 Å². The predicted molar refractivity (Wildman–Crippen MR) is 139 cm³/mol. The maximum atomic E-state index is 13.2. The first-order valence-corrected chi connectivity index (χ1v) is 12.6. The summed E-state index contributed by atoms with van der Waals surface area (Å²) < 4.78 is 5.22. The first-order chi connectivity index (χ1) is 16.0. The zero-order valence-electron chi connectivity index (χ0n) is 23.4. The van der Waals surface area contributed by atoms with Crippen LogP contribution in [0.5, 0.6) is 0 Å². The monoisotopic (exact) mass is 493 g/mol. The minimum Gasteiger partial charge on any atom is -0.460 e. The molecule has 0 bridgehead atoms. The third-order valence-electron chi connectivity index (χ3n) is 6.51. The highest BCUT2D eigenvalue weighted by Gasteiger charge is 2.42. The van der Waals surface area contributed by atoms with E-state index in [2.05, 4.69) is 37.8 Å². The molecule has 0 spiro atoms. The summed E-state index contributed by atoms with van der Waals surface area (Å²) in [7, 11) is 0. The van der Waals surface area contributed by atoms with E-state index in [1.54, 1.807) is 11.8 Å². The second-order valence-corrected chi connectivity index (χ2v) is 12.1. The van der Waals surface area contributed by atoms with E-state index >= 15 is 0 Å². The Morgan fingerprint density at radius 2 is 1.77 bits per heavy atom. The van der Waals surface area contributed by atoms with Crippen molar-refractivity contribution >= 4 is 23.7 Å². The number of hydrogen-bond acceptors (Lipinski definition) is 6. The van der Waals surface area contributed by atoms with Crippen LogP contribution >= 0.6 is 0 Å². The van der Waals surface area contributed by atoms with Gasteiger partial charge in [-0.15, -0.1) is 0 Å². The molecule has 8 heteroatoms. The third-order valence-corrected chi connectivity index (χ3v) is 6.51. The van der Waals surface area contributed by atoms with Gasteiger partial charge in [-0.25, -0.2) is 9.59 Å². The zero-order valence-corrected chi connectivity index (χ0v) is 23.4. The Kier molecular flexibility index (Phi) is 11.0. The van der Waals surface area contributed by atoms with E-state index in [1.807, 2.05) is 34.6 Å². The van der Waals surface area contributed by atoms with Gasteiger partial charge in [0.2, 0.25) is 5.91 Å². The van der Waals surface area contributed by atoms with Gasteiger partial charge in [-0.1, -0.05) is 39.4 Å². The molecular weight excluding hydrogens is 446 g/mol. The molecule has 1 fully saturated rings. The van der Waals surface area contributed by atoms with Crippen LogP contribution in [0.1, 0.15) is 101 Å². The van der Waals surface area contributed by atoms with Gasteiger partial charge in [-0.3, -0.25) is 9.63 Å². The maximum absolute atomic E-state index is 13.2. The largest absolute Gasteiger partial charge is 0.460 e. The van der Waals surface area contributed by atoms with Gasteiger partial charge in [0.05, 0.1) is 12.3 Å². The third kappa shape index (κ3) is 10.8. The van der Waals surface area contributed by atoms with E-state index in [4.69, 9.17) is 9.57 Å². The highest BCUT2D eigenvalue weighted by atomic mass is 16.7. The van der Waals surface area contributed by atoms with Gasteiger partial charge in [0, 0.05) is 23.6 Å². The van der Waals surface area contributed by atoms with E-state index in [-0.39, 0.29) is 29.4 Å². The summed E-state index contributed by atoms with van der Waals surface area (Å²) in [6.45, 7) is 21.9. The van der Waals surface area contributed by atoms with Crippen molar-refractivity contribution in [2.75, 3.05) is 13.2 Å². The van der Waals surface area contributed by atoms with Crippen LogP contribution in [-0.2, 0) is 19.2 Å². The molecule has 1 N–H and O–H groups in total. The molecular formula is C27H47N3O5. The van der Waals surface area contributed by atoms with E-state index in [0.717, 1.165) is 31.4 Å². The summed E-state index contributed by atoms with van der Waals surface area (Å²) in [4.78, 5) is 44.0. The number of esters is 1. The molecule has 0 aromatic heterocycles. The molecule has 0 saturated heterocycles. The number of hydrogen-bond donors (Lipinski definition) is 1. The van der Waals surface area contributed by atoms with Gasteiger partial charge in [-0.2, -0.15) is 0 Å². The highest BCUT2D eigenvalue weighted by molar-refractivity contribution is 5.87. The molecule has 1 saturated carbocycles. The van der Waals surface area contributed by atoms with Crippen molar-refractivity contribution in [2.24, 2.45) is 16.0 Å². The molecule has 0 aromatic carbocycles. The molecule has 0 aromatic rings. The lowest BCUT2D eigenvalue weighted by molar-refractivity contribution is -0.144. The van der Waals surface area contributed by atoms with Crippen molar-refractivity contribution in [1.29, 1.82) is 0 Å². The molecule has 0 heterocycles. The molecule has 2 atom stereocenters. The summed E-state index contributed by atoms with van der Waals surface area (Å²) in [5, 5.41) is 6.82. The van der Waals surface area contributed by atoms with Crippen LogP contribution in [0.4, 0.5) is 4.79 Å². The van der Waals surface area contributed by atoms with Crippen molar-refractivity contribution in [2.45, 2.75) is 112 Å². The number of nitrogens with one attached hydrogen (secondary N) is 1. The van der Waals surface area contributed by atoms with Crippen LogP contribution < -0.4 is 5.32 Å². The fourth-order valence-electron chi connectivity index (χ4n) is 5.03. The lowest BCUT2D eigenvalue weighted by Gasteiger charge is -2.47. The minimum absolute atomic E-state index is 0.0110. The molecule has 8 nitrogen and oxygen atoms in total. The second-order valence-electron chi connectivity index (χ2n) is 12.1. The first-order valence-electron chi connectivity index (χ1n) is 12.6. The molecule has 200 valence electrons. The number of nitrogens with zero attached hydrogens (tertiary/aromatic N) is 2. The molecule has 2 amide bonds. The minimum atomic E-state index is -0.540. The molecule has 0 aliphatic heterocycles. The fraction of sp³-hybridized carbons (Fsp3) is 0.778. The second kappa shape index (κ2) is 12.5. The lowest BCUT2D eigenvalue weighted by atomic mass is 9.61. The normalized spacial score (nSPS) is 22.2. The zero-order chi connectivity index (χ0) is 27.0. The van der Waals surface area contributed by atoms with Gasteiger partial charge in [0.1, 0.15) is 6.61 Å². The number of carbonyl (C=O) groups is 3.